The summed E-state index contributed by atoms with van der Waals surface area (Å²) in [5.74, 6) is -3.53. The fraction of sp³-hybridized carbons (Fsp3) is 0.533. The monoisotopic (exact) mass is 382 g/mol. The fourth-order valence-corrected chi connectivity index (χ4v) is 3.31. The van der Waals surface area contributed by atoms with Gasteiger partial charge in [-0.25, -0.2) is 8.42 Å². The van der Waals surface area contributed by atoms with Gasteiger partial charge in [0.2, 0.25) is 15.7 Å². The third-order valence-electron chi connectivity index (χ3n) is 4.25. The molecule has 9 heteroatoms. The van der Waals surface area contributed by atoms with E-state index in [9.17, 15) is 22.0 Å². The predicted octanol–water partition coefficient (Wildman–Crippen LogP) is 1.84. The molecule has 1 aromatic carbocycles. The number of halogens is 3. The van der Waals surface area contributed by atoms with Crippen LogP contribution in [0.2, 0.25) is 0 Å². The van der Waals surface area contributed by atoms with E-state index in [0.29, 0.717) is 25.2 Å². The van der Waals surface area contributed by atoms with Gasteiger partial charge in [0.25, 0.3) is 0 Å². The van der Waals surface area contributed by atoms with Crippen LogP contribution in [0.25, 0.3) is 0 Å². The molecule has 136 valence electrons. The Balaban J connectivity index is 0.00000288. The molecule has 0 aliphatic carbocycles. The molecule has 1 fully saturated rings. The molecule has 0 bridgehead atoms. The lowest BCUT2D eigenvalue weighted by molar-refractivity contribution is -0.129. The van der Waals surface area contributed by atoms with Crippen molar-refractivity contribution in [2.45, 2.75) is 30.4 Å². The first-order valence-corrected chi connectivity index (χ1v) is 8.81. The van der Waals surface area contributed by atoms with Crippen molar-refractivity contribution in [1.29, 1.82) is 0 Å². The van der Waals surface area contributed by atoms with Gasteiger partial charge in [-0.3, -0.25) is 4.79 Å². The number of hydrogen-bond acceptors (Lipinski definition) is 4. The summed E-state index contributed by atoms with van der Waals surface area (Å²) in [6.45, 7) is 3.78. The van der Waals surface area contributed by atoms with Crippen molar-refractivity contribution in [1.82, 2.24) is 4.90 Å². The lowest BCUT2D eigenvalue weighted by Gasteiger charge is -2.22. The number of nitrogens with zero attached hydrogens (tertiary/aromatic N) is 1. The topological polar surface area (TPSA) is 80.5 Å². The van der Waals surface area contributed by atoms with Crippen LogP contribution >= 0.6 is 12.4 Å². The van der Waals surface area contributed by atoms with Crippen LogP contribution in [0.3, 0.4) is 0 Å². The molecular formula is C15H21ClF2N2O3S. The number of amides is 1. The lowest BCUT2D eigenvalue weighted by Crippen LogP contribution is -2.35. The Labute approximate surface area is 146 Å². The highest BCUT2D eigenvalue weighted by molar-refractivity contribution is 7.91. The minimum atomic E-state index is -4.60. The smallest absolute Gasteiger partial charge is 0.341 e. The van der Waals surface area contributed by atoms with E-state index in [-0.39, 0.29) is 30.2 Å². The van der Waals surface area contributed by atoms with Gasteiger partial charge in [-0.05, 0) is 36.1 Å². The highest BCUT2D eigenvalue weighted by Crippen LogP contribution is 2.29. The molecule has 1 aromatic rings. The Morgan fingerprint density at radius 2 is 1.92 bits per heavy atom. The minimum Gasteiger partial charge on any atom is -0.342 e. The molecule has 0 radical (unpaired) electrons. The summed E-state index contributed by atoms with van der Waals surface area (Å²) < 4.78 is 47.6. The van der Waals surface area contributed by atoms with E-state index in [1.807, 2.05) is 6.92 Å². The summed E-state index contributed by atoms with van der Waals surface area (Å²) in [5, 5.41) is 0. The predicted molar refractivity (Wildman–Crippen MR) is 88.9 cm³/mol. The van der Waals surface area contributed by atoms with E-state index in [0.717, 1.165) is 18.6 Å². The van der Waals surface area contributed by atoms with Crippen LogP contribution in [-0.4, -0.2) is 44.6 Å². The van der Waals surface area contributed by atoms with Crippen LogP contribution < -0.4 is 5.73 Å². The fourth-order valence-electron chi connectivity index (χ4n) is 2.59. The van der Waals surface area contributed by atoms with Gasteiger partial charge in [0, 0.05) is 13.1 Å². The Morgan fingerprint density at radius 3 is 2.38 bits per heavy atom. The van der Waals surface area contributed by atoms with E-state index in [1.54, 1.807) is 4.90 Å². The van der Waals surface area contributed by atoms with Crippen LogP contribution in [-0.2, 0) is 21.1 Å². The van der Waals surface area contributed by atoms with E-state index < -0.39 is 20.5 Å². The first kappa shape index (κ1) is 20.8. The molecule has 1 aliphatic heterocycles. The van der Waals surface area contributed by atoms with Crippen molar-refractivity contribution in [3.05, 3.63) is 29.8 Å². The molecular weight excluding hydrogens is 362 g/mol. The second-order valence-electron chi connectivity index (χ2n) is 6.21. The number of alkyl halides is 2. The molecule has 2 rings (SSSR count). The van der Waals surface area contributed by atoms with Gasteiger partial charge in [0.15, 0.2) is 0 Å². The van der Waals surface area contributed by atoms with Crippen LogP contribution in [0.15, 0.2) is 29.2 Å². The van der Waals surface area contributed by atoms with Crippen LogP contribution in [0.1, 0.15) is 18.9 Å². The van der Waals surface area contributed by atoms with E-state index in [4.69, 9.17) is 5.73 Å². The molecule has 1 atom stereocenters. The minimum absolute atomic E-state index is 0. The maximum absolute atomic E-state index is 12.5. The van der Waals surface area contributed by atoms with Crippen molar-refractivity contribution in [2.24, 2.45) is 11.1 Å². The van der Waals surface area contributed by atoms with E-state index >= 15 is 0 Å². The van der Waals surface area contributed by atoms with Crippen LogP contribution in [0.4, 0.5) is 8.78 Å². The molecule has 2 N–H and O–H groups in total. The normalized spacial score (nSPS) is 21.0. The van der Waals surface area contributed by atoms with Crippen molar-refractivity contribution in [3.63, 3.8) is 0 Å². The Kier molecular flexibility index (Phi) is 6.72. The zero-order valence-corrected chi connectivity index (χ0v) is 14.9. The highest BCUT2D eigenvalue weighted by Gasteiger charge is 2.34. The van der Waals surface area contributed by atoms with Gasteiger partial charge in [-0.15, -0.1) is 12.4 Å². The third-order valence-corrected chi connectivity index (χ3v) is 5.64. The summed E-state index contributed by atoms with van der Waals surface area (Å²) in [6.07, 6.45) is 0.955. The average molecular weight is 383 g/mol. The van der Waals surface area contributed by atoms with Gasteiger partial charge in [0.05, 0.1) is 11.3 Å². The van der Waals surface area contributed by atoms with E-state index in [2.05, 4.69) is 0 Å². The number of hydrogen-bond donors (Lipinski definition) is 1. The maximum Gasteiger partial charge on any atom is 0.341 e. The zero-order chi connectivity index (χ0) is 17.3. The first-order valence-electron chi connectivity index (χ1n) is 7.27. The van der Waals surface area contributed by atoms with Crippen LogP contribution in [0, 0.1) is 5.41 Å². The van der Waals surface area contributed by atoms with E-state index in [1.165, 1.54) is 12.1 Å². The lowest BCUT2D eigenvalue weighted by atomic mass is 9.90. The number of likely N-dealkylation sites (tertiary alicyclic amines) is 1. The largest absolute Gasteiger partial charge is 0.342 e. The molecule has 1 heterocycles. The SMILES string of the molecule is CC1(CN)CCN(C(=O)Cc2ccc(S(=O)(=O)C(F)F)cc2)C1.Cl. The Bertz CT molecular complexity index is 682. The summed E-state index contributed by atoms with van der Waals surface area (Å²) in [5.41, 5.74) is 6.23. The highest BCUT2D eigenvalue weighted by atomic mass is 35.5. The van der Waals surface area contributed by atoms with Crippen molar-refractivity contribution >= 4 is 28.2 Å². The summed E-state index contributed by atoms with van der Waals surface area (Å²) in [7, 11) is -4.60. The second kappa shape index (κ2) is 7.76. The number of carbonyl (C=O) groups is 1. The number of nitrogens with two attached hydrogens (primary N) is 1. The molecule has 24 heavy (non-hydrogen) atoms. The molecule has 1 aliphatic rings. The number of benzene rings is 1. The van der Waals surface area contributed by atoms with Gasteiger partial charge in [-0.1, -0.05) is 19.1 Å². The van der Waals surface area contributed by atoms with Crippen molar-refractivity contribution in [3.8, 4) is 0 Å². The summed E-state index contributed by atoms with van der Waals surface area (Å²) in [6, 6.07) is 5.01. The quantitative estimate of drug-likeness (QED) is 0.842. The molecule has 0 spiro atoms. The molecule has 5 nitrogen and oxygen atoms in total. The molecule has 0 aromatic heterocycles. The van der Waals surface area contributed by atoms with Gasteiger partial charge >= 0.3 is 5.76 Å². The first-order chi connectivity index (χ1) is 10.7. The molecule has 0 saturated carbocycles. The molecule has 1 unspecified atom stereocenters. The van der Waals surface area contributed by atoms with Crippen LogP contribution in [0.5, 0.6) is 0 Å². The van der Waals surface area contributed by atoms with Gasteiger partial charge < -0.3 is 10.6 Å². The third kappa shape index (κ3) is 4.43. The number of sulfone groups is 1. The Morgan fingerprint density at radius 1 is 1.33 bits per heavy atom. The second-order valence-corrected chi connectivity index (χ2v) is 8.12. The Hall–Kier alpha value is -1.25. The van der Waals surface area contributed by atoms with Gasteiger partial charge in [-0.2, -0.15) is 8.78 Å². The zero-order valence-electron chi connectivity index (χ0n) is 13.2. The van der Waals surface area contributed by atoms with Gasteiger partial charge in [0.1, 0.15) is 0 Å². The molecule has 1 saturated heterocycles. The maximum atomic E-state index is 12.5. The number of carbonyl (C=O) groups excluding carboxylic acids is 1. The standard InChI is InChI=1S/C15H20F2N2O3S.ClH/c1-15(9-18)6-7-19(10-15)13(20)8-11-2-4-12(5-3-11)23(21,22)14(16)17;/h2-5,14H,6-10,18H2,1H3;1H. The summed E-state index contributed by atoms with van der Waals surface area (Å²) >= 11 is 0. The summed E-state index contributed by atoms with van der Waals surface area (Å²) in [4.78, 5) is 13.5. The van der Waals surface area contributed by atoms with Crippen molar-refractivity contribution in [2.75, 3.05) is 19.6 Å². The van der Waals surface area contributed by atoms with Crippen molar-refractivity contribution < 1.29 is 22.0 Å². The molecule has 1 amide bonds. The number of rotatable bonds is 5. The average Bonchev–Trinajstić information content (AvgIpc) is 2.91.